The molecule has 1 fully saturated rings. The van der Waals surface area contributed by atoms with Gasteiger partial charge in [0, 0.05) is 32.6 Å². The molecule has 1 aliphatic heterocycles. The van der Waals surface area contributed by atoms with E-state index in [1.807, 2.05) is 4.90 Å². The van der Waals surface area contributed by atoms with Crippen molar-refractivity contribution in [2.45, 2.75) is 52.4 Å². The fourth-order valence-corrected chi connectivity index (χ4v) is 3.50. The van der Waals surface area contributed by atoms with E-state index in [9.17, 15) is 13.2 Å². The van der Waals surface area contributed by atoms with Gasteiger partial charge in [0.25, 0.3) is 0 Å². The average Bonchev–Trinajstić information content (AvgIpc) is 2.41. The normalized spacial score (nSPS) is 17.4. The van der Waals surface area contributed by atoms with E-state index in [-0.39, 0.29) is 5.91 Å². The van der Waals surface area contributed by atoms with Crippen LogP contribution in [0.5, 0.6) is 0 Å². The number of rotatable bonds is 8. The van der Waals surface area contributed by atoms with Crippen LogP contribution in [0.15, 0.2) is 0 Å². The Bertz CT molecular complexity index is 415. The lowest BCUT2D eigenvalue weighted by Crippen LogP contribution is -2.40. The molecule has 0 N–H and O–H groups in total. The Morgan fingerprint density at radius 3 is 2.33 bits per heavy atom. The lowest BCUT2D eigenvalue weighted by atomic mass is 9.99. The highest BCUT2D eigenvalue weighted by atomic mass is 32.2. The summed E-state index contributed by atoms with van der Waals surface area (Å²) < 4.78 is 25.0. The molecule has 0 aromatic carbocycles. The highest BCUT2D eigenvalue weighted by Crippen LogP contribution is 2.17. The summed E-state index contributed by atoms with van der Waals surface area (Å²) in [5, 5.41) is 0. The number of nitrogens with zero attached hydrogens (tertiary/aromatic N) is 2. The lowest BCUT2D eigenvalue weighted by Gasteiger charge is -2.31. The van der Waals surface area contributed by atoms with Crippen molar-refractivity contribution in [2.24, 2.45) is 5.92 Å². The van der Waals surface area contributed by atoms with Crippen LogP contribution in [0, 0.1) is 5.92 Å². The maximum absolute atomic E-state index is 12.2. The Kier molecular flexibility index (Phi) is 7.66. The van der Waals surface area contributed by atoms with Crippen LogP contribution in [0.25, 0.3) is 0 Å². The largest absolute Gasteiger partial charge is 0.343 e. The number of amides is 1. The zero-order valence-electron chi connectivity index (χ0n) is 13.7. The summed E-state index contributed by atoms with van der Waals surface area (Å²) in [4.78, 5) is 14.1. The lowest BCUT2D eigenvalue weighted by molar-refractivity contribution is -0.132. The van der Waals surface area contributed by atoms with E-state index in [0.29, 0.717) is 25.4 Å². The second-order valence-electron chi connectivity index (χ2n) is 6.18. The standard InChI is InChI=1S/C15H30N2O3S/c1-4-5-6-10-17(21(3,19)20)13-9-15(18)16-11-7-14(2)8-12-16/h14H,4-13H2,1-3H3. The average molecular weight is 318 g/mol. The van der Waals surface area contributed by atoms with Crippen LogP contribution in [-0.2, 0) is 14.8 Å². The van der Waals surface area contributed by atoms with Crippen molar-refractivity contribution >= 4 is 15.9 Å². The van der Waals surface area contributed by atoms with Gasteiger partial charge in [0.15, 0.2) is 0 Å². The van der Waals surface area contributed by atoms with Gasteiger partial charge >= 0.3 is 0 Å². The molecule has 0 spiro atoms. The van der Waals surface area contributed by atoms with E-state index < -0.39 is 10.0 Å². The monoisotopic (exact) mass is 318 g/mol. The predicted octanol–water partition coefficient (Wildman–Crippen LogP) is 2.09. The number of hydrogen-bond donors (Lipinski definition) is 0. The van der Waals surface area contributed by atoms with Gasteiger partial charge in [-0.1, -0.05) is 26.7 Å². The molecular weight excluding hydrogens is 288 g/mol. The molecule has 5 nitrogen and oxygen atoms in total. The van der Waals surface area contributed by atoms with Crippen LogP contribution in [0.1, 0.15) is 52.4 Å². The van der Waals surface area contributed by atoms with Crippen molar-refractivity contribution in [3.63, 3.8) is 0 Å². The molecule has 0 aliphatic carbocycles. The fraction of sp³-hybridized carbons (Fsp3) is 0.933. The fourth-order valence-electron chi connectivity index (χ4n) is 2.62. The molecule has 0 radical (unpaired) electrons. The van der Waals surface area contributed by atoms with Crippen LogP contribution >= 0.6 is 0 Å². The van der Waals surface area contributed by atoms with Gasteiger partial charge in [-0.2, -0.15) is 0 Å². The van der Waals surface area contributed by atoms with Crippen LogP contribution in [0.2, 0.25) is 0 Å². The van der Waals surface area contributed by atoms with Gasteiger partial charge in [-0.05, 0) is 25.2 Å². The molecular formula is C15H30N2O3S. The van der Waals surface area contributed by atoms with Crippen molar-refractivity contribution in [3.05, 3.63) is 0 Å². The van der Waals surface area contributed by atoms with Crippen molar-refractivity contribution in [3.8, 4) is 0 Å². The van der Waals surface area contributed by atoms with Crippen molar-refractivity contribution in [1.29, 1.82) is 0 Å². The maximum atomic E-state index is 12.2. The third kappa shape index (κ3) is 6.78. The van der Waals surface area contributed by atoms with E-state index in [1.54, 1.807) is 0 Å². The van der Waals surface area contributed by atoms with E-state index in [4.69, 9.17) is 0 Å². The number of hydrogen-bond acceptors (Lipinski definition) is 3. The Hall–Kier alpha value is -0.620. The molecule has 1 amide bonds. The molecule has 0 atom stereocenters. The Morgan fingerprint density at radius 2 is 1.81 bits per heavy atom. The van der Waals surface area contributed by atoms with E-state index in [1.165, 1.54) is 10.6 Å². The quantitative estimate of drug-likeness (QED) is 0.644. The Labute approximate surface area is 129 Å². The summed E-state index contributed by atoms with van der Waals surface area (Å²) in [7, 11) is -3.22. The zero-order chi connectivity index (χ0) is 15.9. The molecule has 124 valence electrons. The van der Waals surface area contributed by atoms with Gasteiger partial charge in [-0.3, -0.25) is 4.79 Å². The third-order valence-corrected chi connectivity index (χ3v) is 5.49. The summed E-state index contributed by atoms with van der Waals surface area (Å²) in [6, 6.07) is 0. The molecule has 1 saturated heterocycles. The molecule has 1 rings (SSSR count). The minimum atomic E-state index is -3.22. The number of carbonyl (C=O) groups is 1. The number of unbranched alkanes of at least 4 members (excludes halogenated alkanes) is 2. The van der Waals surface area contributed by atoms with Crippen LogP contribution in [0.4, 0.5) is 0 Å². The first kappa shape index (κ1) is 18.4. The van der Waals surface area contributed by atoms with Gasteiger partial charge < -0.3 is 4.90 Å². The number of likely N-dealkylation sites (tertiary alicyclic amines) is 1. The van der Waals surface area contributed by atoms with Crippen LogP contribution in [-0.4, -0.2) is 56.0 Å². The third-order valence-electron chi connectivity index (χ3n) is 4.19. The molecule has 0 aromatic heterocycles. The first-order valence-electron chi connectivity index (χ1n) is 8.07. The van der Waals surface area contributed by atoms with Gasteiger partial charge in [-0.15, -0.1) is 0 Å². The zero-order valence-corrected chi connectivity index (χ0v) is 14.5. The molecule has 0 unspecified atom stereocenters. The van der Waals surface area contributed by atoms with Crippen molar-refractivity contribution < 1.29 is 13.2 Å². The van der Waals surface area contributed by atoms with Gasteiger partial charge in [0.2, 0.25) is 15.9 Å². The molecule has 0 bridgehead atoms. The van der Waals surface area contributed by atoms with E-state index >= 15 is 0 Å². The molecule has 0 saturated carbocycles. The van der Waals surface area contributed by atoms with Crippen molar-refractivity contribution in [2.75, 3.05) is 32.4 Å². The maximum Gasteiger partial charge on any atom is 0.223 e. The summed E-state index contributed by atoms with van der Waals surface area (Å²) >= 11 is 0. The minimum absolute atomic E-state index is 0.0889. The van der Waals surface area contributed by atoms with Gasteiger partial charge in [0.05, 0.1) is 6.26 Å². The van der Waals surface area contributed by atoms with Crippen molar-refractivity contribution in [1.82, 2.24) is 9.21 Å². The summed E-state index contributed by atoms with van der Waals surface area (Å²) in [5.74, 6) is 0.779. The molecule has 0 aromatic rings. The van der Waals surface area contributed by atoms with E-state index in [2.05, 4.69) is 13.8 Å². The first-order chi connectivity index (χ1) is 9.84. The first-order valence-corrected chi connectivity index (χ1v) is 9.92. The van der Waals surface area contributed by atoms with Crippen LogP contribution < -0.4 is 0 Å². The minimum Gasteiger partial charge on any atom is -0.343 e. The van der Waals surface area contributed by atoms with Gasteiger partial charge in [-0.25, -0.2) is 12.7 Å². The number of sulfonamides is 1. The number of carbonyl (C=O) groups excluding carboxylic acids is 1. The summed E-state index contributed by atoms with van der Waals surface area (Å²) in [5.41, 5.74) is 0. The second-order valence-corrected chi connectivity index (χ2v) is 8.16. The predicted molar refractivity (Wildman–Crippen MR) is 85.5 cm³/mol. The van der Waals surface area contributed by atoms with Crippen LogP contribution in [0.3, 0.4) is 0 Å². The second kappa shape index (κ2) is 8.73. The number of piperidine rings is 1. The smallest absolute Gasteiger partial charge is 0.223 e. The van der Waals surface area contributed by atoms with E-state index in [0.717, 1.165) is 45.2 Å². The highest BCUT2D eigenvalue weighted by Gasteiger charge is 2.22. The summed E-state index contributed by atoms with van der Waals surface area (Å²) in [6.07, 6.45) is 6.57. The molecule has 1 heterocycles. The molecule has 21 heavy (non-hydrogen) atoms. The summed E-state index contributed by atoms with van der Waals surface area (Å²) in [6.45, 7) is 6.76. The molecule has 6 heteroatoms. The topological polar surface area (TPSA) is 57.7 Å². The SMILES string of the molecule is CCCCCN(CCC(=O)N1CCC(C)CC1)S(C)(=O)=O. The Balaban J connectivity index is 2.43. The molecule has 1 aliphatic rings. The highest BCUT2D eigenvalue weighted by molar-refractivity contribution is 7.88. The van der Waals surface area contributed by atoms with Gasteiger partial charge in [0.1, 0.15) is 0 Å². The Morgan fingerprint density at radius 1 is 1.19 bits per heavy atom.